The molecule has 1 unspecified atom stereocenters. The quantitative estimate of drug-likeness (QED) is 0.934. The van der Waals surface area contributed by atoms with Gasteiger partial charge in [-0.3, -0.25) is 0 Å². The Labute approximate surface area is 115 Å². The summed E-state index contributed by atoms with van der Waals surface area (Å²) >= 11 is 11.9. The third-order valence-corrected chi connectivity index (χ3v) is 3.31. The van der Waals surface area contributed by atoms with Crippen molar-refractivity contribution in [2.75, 3.05) is 0 Å². The van der Waals surface area contributed by atoms with Crippen LogP contribution in [0.25, 0.3) is 0 Å². The Bertz CT molecular complexity index is 542. The first-order chi connectivity index (χ1) is 8.56. The van der Waals surface area contributed by atoms with Crippen LogP contribution < -0.4 is 5.32 Å². The van der Waals surface area contributed by atoms with Gasteiger partial charge in [0.15, 0.2) is 5.82 Å². The molecule has 0 saturated heterocycles. The first-order valence-electron chi connectivity index (χ1n) is 5.54. The number of aromatic nitrogens is 2. The van der Waals surface area contributed by atoms with Crippen molar-refractivity contribution in [2.24, 2.45) is 0 Å². The van der Waals surface area contributed by atoms with Crippen LogP contribution in [0.1, 0.15) is 30.2 Å². The fourth-order valence-corrected chi connectivity index (χ4v) is 1.86. The molecule has 2 rings (SSSR count). The molecule has 1 heterocycles. The highest BCUT2D eigenvalue weighted by atomic mass is 35.5. The fourth-order valence-electron chi connectivity index (χ4n) is 1.55. The number of halogens is 2. The SMILES string of the molecule is Cc1noc(CNC(C)c2ccc(Cl)c(Cl)c2)n1. The van der Waals surface area contributed by atoms with E-state index in [1.807, 2.05) is 19.1 Å². The largest absolute Gasteiger partial charge is 0.338 e. The number of nitrogens with zero attached hydrogens (tertiary/aromatic N) is 2. The van der Waals surface area contributed by atoms with Gasteiger partial charge < -0.3 is 9.84 Å². The Hall–Kier alpha value is -1.10. The second kappa shape index (κ2) is 5.69. The van der Waals surface area contributed by atoms with Gasteiger partial charge in [0.25, 0.3) is 0 Å². The summed E-state index contributed by atoms with van der Waals surface area (Å²) in [4.78, 5) is 4.12. The molecule has 0 bridgehead atoms. The van der Waals surface area contributed by atoms with Crippen LogP contribution in [-0.2, 0) is 6.54 Å². The van der Waals surface area contributed by atoms with Crippen LogP contribution >= 0.6 is 23.2 Å². The van der Waals surface area contributed by atoms with Gasteiger partial charge in [0.2, 0.25) is 5.89 Å². The summed E-state index contributed by atoms with van der Waals surface area (Å²) in [7, 11) is 0. The number of nitrogens with one attached hydrogen (secondary N) is 1. The molecule has 0 fully saturated rings. The van der Waals surface area contributed by atoms with E-state index in [4.69, 9.17) is 27.7 Å². The topological polar surface area (TPSA) is 51.0 Å². The normalized spacial score (nSPS) is 12.7. The summed E-state index contributed by atoms with van der Waals surface area (Å²) in [5.74, 6) is 1.20. The monoisotopic (exact) mass is 285 g/mol. The van der Waals surface area contributed by atoms with E-state index in [-0.39, 0.29) is 6.04 Å². The van der Waals surface area contributed by atoms with E-state index in [9.17, 15) is 0 Å². The molecule has 18 heavy (non-hydrogen) atoms. The predicted octanol–water partition coefficient (Wildman–Crippen LogP) is 3.54. The fraction of sp³-hybridized carbons (Fsp3) is 0.333. The molecule has 0 saturated carbocycles. The molecule has 0 aliphatic carbocycles. The number of benzene rings is 1. The first kappa shape index (κ1) is 13.3. The van der Waals surface area contributed by atoms with E-state index < -0.39 is 0 Å². The standard InChI is InChI=1S/C12H13Cl2N3O/c1-7(9-3-4-10(13)11(14)5-9)15-6-12-16-8(2)17-18-12/h3-5,7,15H,6H2,1-2H3. The van der Waals surface area contributed by atoms with Crippen LogP contribution in [0.3, 0.4) is 0 Å². The van der Waals surface area contributed by atoms with Crippen molar-refractivity contribution < 1.29 is 4.52 Å². The minimum absolute atomic E-state index is 0.118. The van der Waals surface area contributed by atoms with Crippen molar-refractivity contribution in [3.8, 4) is 0 Å². The average Bonchev–Trinajstić information content (AvgIpc) is 2.75. The Kier molecular flexibility index (Phi) is 4.22. The Morgan fingerprint density at radius 1 is 1.33 bits per heavy atom. The highest BCUT2D eigenvalue weighted by Gasteiger charge is 2.09. The molecule has 0 radical (unpaired) electrons. The predicted molar refractivity (Wildman–Crippen MR) is 70.8 cm³/mol. The average molecular weight is 286 g/mol. The molecule has 1 N–H and O–H groups in total. The zero-order valence-corrected chi connectivity index (χ0v) is 11.6. The summed E-state index contributed by atoms with van der Waals surface area (Å²) < 4.78 is 5.02. The highest BCUT2D eigenvalue weighted by Crippen LogP contribution is 2.25. The van der Waals surface area contributed by atoms with Crippen LogP contribution in [0.4, 0.5) is 0 Å². The molecule has 4 nitrogen and oxygen atoms in total. The van der Waals surface area contributed by atoms with Gasteiger partial charge in [0, 0.05) is 6.04 Å². The number of hydrogen-bond acceptors (Lipinski definition) is 4. The van der Waals surface area contributed by atoms with Gasteiger partial charge in [-0.15, -0.1) is 0 Å². The van der Waals surface area contributed by atoms with Crippen molar-refractivity contribution in [3.63, 3.8) is 0 Å². The highest BCUT2D eigenvalue weighted by molar-refractivity contribution is 6.42. The second-order valence-corrected chi connectivity index (χ2v) is 4.83. The van der Waals surface area contributed by atoms with Gasteiger partial charge >= 0.3 is 0 Å². The van der Waals surface area contributed by atoms with E-state index in [0.717, 1.165) is 5.56 Å². The zero-order valence-electron chi connectivity index (χ0n) is 10.1. The van der Waals surface area contributed by atoms with E-state index in [0.29, 0.717) is 28.3 Å². The number of aryl methyl sites for hydroxylation is 1. The summed E-state index contributed by atoms with van der Waals surface area (Å²) in [5, 5.41) is 8.11. The number of rotatable bonds is 4. The van der Waals surface area contributed by atoms with Crippen molar-refractivity contribution >= 4 is 23.2 Å². The van der Waals surface area contributed by atoms with Gasteiger partial charge in [0.05, 0.1) is 16.6 Å². The van der Waals surface area contributed by atoms with Crippen molar-refractivity contribution in [1.82, 2.24) is 15.5 Å². The molecule has 0 aliphatic rings. The molecule has 6 heteroatoms. The number of hydrogen-bond donors (Lipinski definition) is 1. The lowest BCUT2D eigenvalue weighted by Gasteiger charge is -2.13. The molecule has 0 aliphatic heterocycles. The van der Waals surface area contributed by atoms with Gasteiger partial charge in [-0.1, -0.05) is 34.4 Å². The molecule has 1 aromatic heterocycles. The molecule has 1 atom stereocenters. The molecule has 0 amide bonds. The molecular formula is C12H13Cl2N3O. The second-order valence-electron chi connectivity index (χ2n) is 4.01. The van der Waals surface area contributed by atoms with Crippen LogP contribution in [0.15, 0.2) is 22.7 Å². The maximum Gasteiger partial charge on any atom is 0.240 e. The minimum atomic E-state index is 0.118. The van der Waals surface area contributed by atoms with E-state index in [2.05, 4.69) is 15.5 Å². The summed E-state index contributed by atoms with van der Waals surface area (Å²) in [5.41, 5.74) is 1.06. The zero-order chi connectivity index (χ0) is 13.1. The third-order valence-electron chi connectivity index (χ3n) is 2.57. The Balaban J connectivity index is 1.99. The van der Waals surface area contributed by atoms with Crippen LogP contribution in [0, 0.1) is 6.92 Å². The summed E-state index contributed by atoms with van der Waals surface area (Å²) in [6.07, 6.45) is 0. The van der Waals surface area contributed by atoms with Gasteiger partial charge in [-0.25, -0.2) is 0 Å². The van der Waals surface area contributed by atoms with E-state index >= 15 is 0 Å². The molecule has 96 valence electrons. The van der Waals surface area contributed by atoms with Crippen molar-refractivity contribution in [1.29, 1.82) is 0 Å². The molecular weight excluding hydrogens is 273 g/mol. The minimum Gasteiger partial charge on any atom is -0.338 e. The van der Waals surface area contributed by atoms with Crippen molar-refractivity contribution in [3.05, 3.63) is 45.5 Å². The lowest BCUT2D eigenvalue weighted by atomic mass is 10.1. The van der Waals surface area contributed by atoms with Crippen LogP contribution in [-0.4, -0.2) is 10.1 Å². The summed E-state index contributed by atoms with van der Waals surface area (Å²) in [6.45, 7) is 4.33. The van der Waals surface area contributed by atoms with Gasteiger partial charge in [-0.05, 0) is 31.5 Å². The Morgan fingerprint density at radius 2 is 2.11 bits per heavy atom. The Morgan fingerprint density at radius 3 is 2.72 bits per heavy atom. The van der Waals surface area contributed by atoms with E-state index in [1.165, 1.54) is 0 Å². The maximum absolute atomic E-state index is 5.98. The van der Waals surface area contributed by atoms with Crippen LogP contribution in [0.5, 0.6) is 0 Å². The molecule has 2 aromatic rings. The molecule has 1 aromatic carbocycles. The van der Waals surface area contributed by atoms with Gasteiger partial charge in [0.1, 0.15) is 0 Å². The lowest BCUT2D eigenvalue weighted by molar-refractivity contribution is 0.357. The lowest BCUT2D eigenvalue weighted by Crippen LogP contribution is -2.18. The third kappa shape index (κ3) is 3.22. The van der Waals surface area contributed by atoms with Gasteiger partial charge in [-0.2, -0.15) is 4.98 Å². The molecule has 0 spiro atoms. The first-order valence-corrected chi connectivity index (χ1v) is 6.29. The maximum atomic E-state index is 5.98. The smallest absolute Gasteiger partial charge is 0.240 e. The van der Waals surface area contributed by atoms with Crippen molar-refractivity contribution in [2.45, 2.75) is 26.4 Å². The van der Waals surface area contributed by atoms with E-state index in [1.54, 1.807) is 13.0 Å². The van der Waals surface area contributed by atoms with Crippen LogP contribution in [0.2, 0.25) is 10.0 Å². The summed E-state index contributed by atoms with van der Waals surface area (Å²) in [6, 6.07) is 5.69.